The molecule has 4 rings (SSSR count). The van der Waals surface area contributed by atoms with Gasteiger partial charge in [-0.1, -0.05) is 13.0 Å². The maximum absolute atomic E-state index is 14.3. The van der Waals surface area contributed by atoms with Crippen molar-refractivity contribution in [3.8, 4) is 11.1 Å². The second kappa shape index (κ2) is 13.0. The number of sulfonamides is 1. The van der Waals surface area contributed by atoms with Crippen LogP contribution in [-0.2, 0) is 21.4 Å². The Bertz CT molecular complexity index is 1510. The molecule has 5 N–H and O–H groups in total. The lowest BCUT2D eigenvalue weighted by Gasteiger charge is -2.31. The number of primary amides is 1. The van der Waals surface area contributed by atoms with Crippen molar-refractivity contribution in [2.45, 2.75) is 45.3 Å². The maximum atomic E-state index is 14.3. The van der Waals surface area contributed by atoms with Gasteiger partial charge in [0.1, 0.15) is 5.82 Å². The number of nitrogens with one attached hydrogen (secondary N) is 2. The zero-order valence-electron chi connectivity index (χ0n) is 22.5. The molecule has 2 heterocycles. The van der Waals surface area contributed by atoms with E-state index in [2.05, 4.69) is 10.3 Å². The van der Waals surface area contributed by atoms with E-state index in [9.17, 15) is 30.8 Å². The number of piperidine rings is 1. The quantitative estimate of drug-likeness (QED) is 0.283. The number of alkyl halides is 3. The Hall–Kier alpha value is -3.49. The number of halogens is 4. The lowest BCUT2D eigenvalue weighted by Crippen LogP contribution is -2.38. The van der Waals surface area contributed by atoms with Crippen LogP contribution in [0.1, 0.15) is 54.1 Å². The number of carboxylic acids is 1. The standard InChI is InChI=1S/C25H31FN4O3S.C2HF3O2/c1-3-28-14-19-11-17(5-6-23(19)26)18-12-20-22(15-29-24(20)21(13-18)25(27)31)16-7-9-30(10-8-16)34(32,33)4-2;3-2(4,5)1(6)7/h5-6,11-13,15-16,28-29H,3-4,7-10,14H2,1-2H3,(H2,27,31);(H,6,7). The van der Waals surface area contributed by atoms with Crippen LogP contribution in [-0.4, -0.2) is 66.3 Å². The highest BCUT2D eigenvalue weighted by molar-refractivity contribution is 7.89. The number of hydrogen-bond acceptors (Lipinski definition) is 5. The van der Waals surface area contributed by atoms with Gasteiger partial charge in [0.05, 0.1) is 16.8 Å². The average molecular weight is 601 g/mol. The first-order valence-electron chi connectivity index (χ1n) is 12.9. The van der Waals surface area contributed by atoms with Crippen molar-refractivity contribution >= 4 is 32.8 Å². The first-order chi connectivity index (χ1) is 19.2. The van der Waals surface area contributed by atoms with Crippen molar-refractivity contribution in [2.24, 2.45) is 5.73 Å². The molecule has 0 radical (unpaired) electrons. The number of rotatable bonds is 8. The fourth-order valence-corrected chi connectivity index (χ4v) is 5.86. The van der Waals surface area contributed by atoms with E-state index in [-0.39, 0.29) is 17.5 Å². The van der Waals surface area contributed by atoms with Crippen LogP contribution in [0.25, 0.3) is 22.0 Å². The monoisotopic (exact) mass is 600 g/mol. The summed E-state index contributed by atoms with van der Waals surface area (Å²) in [6, 6.07) is 8.69. The summed E-state index contributed by atoms with van der Waals surface area (Å²) in [5.41, 5.74) is 9.94. The number of aromatic nitrogens is 1. The molecule has 0 saturated carbocycles. The Morgan fingerprint density at radius 1 is 1.12 bits per heavy atom. The van der Waals surface area contributed by atoms with Crippen LogP contribution in [0.5, 0.6) is 0 Å². The van der Waals surface area contributed by atoms with E-state index in [1.807, 2.05) is 19.2 Å². The second-order valence-electron chi connectivity index (χ2n) is 9.52. The fraction of sp³-hybridized carbons (Fsp3) is 0.407. The lowest BCUT2D eigenvalue weighted by atomic mass is 9.88. The van der Waals surface area contributed by atoms with E-state index in [4.69, 9.17) is 15.6 Å². The SMILES string of the molecule is CCNCc1cc(-c2cc(C(N)=O)c3[nH]cc(C4CCN(S(=O)(=O)CC)CC4)c3c2)ccc1F.O=C(O)C(F)(F)F. The molecule has 14 heteroatoms. The van der Waals surface area contributed by atoms with Gasteiger partial charge in [0, 0.05) is 36.8 Å². The normalized spacial score (nSPS) is 15.0. The molecule has 0 atom stereocenters. The third-order valence-electron chi connectivity index (χ3n) is 6.93. The minimum absolute atomic E-state index is 0.101. The van der Waals surface area contributed by atoms with Crippen molar-refractivity contribution in [2.75, 3.05) is 25.4 Å². The number of carbonyl (C=O) groups excluding carboxylic acids is 1. The van der Waals surface area contributed by atoms with E-state index in [1.54, 1.807) is 29.4 Å². The third-order valence-corrected chi connectivity index (χ3v) is 8.81. The molecule has 1 amide bonds. The predicted molar refractivity (Wildman–Crippen MR) is 146 cm³/mol. The molecule has 41 heavy (non-hydrogen) atoms. The number of hydrogen-bond donors (Lipinski definition) is 4. The number of nitrogens with two attached hydrogens (primary N) is 1. The molecule has 1 aliphatic rings. The number of benzene rings is 2. The Balaban J connectivity index is 0.000000587. The highest BCUT2D eigenvalue weighted by Gasteiger charge is 2.38. The summed E-state index contributed by atoms with van der Waals surface area (Å²) in [6.45, 7) is 5.71. The van der Waals surface area contributed by atoms with Crippen LogP contribution >= 0.6 is 0 Å². The zero-order chi connectivity index (χ0) is 30.5. The summed E-state index contributed by atoms with van der Waals surface area (Å²) >= 11 is 0. The van der Waals surface area contributed by atoms with Gasteiger partial charge in [0.25, 0.3) is 5.91 Å². The number of aromatic amines is 1. The van der Waals surface area contributed by atoms with Crippen molar-refractivity contribution in [1.29, 1.82) is 0 Å². The van der Waals surface area contributed by atoms with Crippen LogP contribution in [0, 0.1) is 5.82 Å². The van der Waals surface area contributed by atoms with Gasteiger partial charge in [-0.3, -0.25) is 4.79 Å². The van der Waals surface area contributed by atoms with Crippen LogP contribution in [0.4, 0.5) is 17.6 Å². The highest BCUT2D eigenvalue weighted by atomic mass is 32.2. The summed E-state index contributed by atoms with van der Waals surface area (Å²) in [6.07, 6.45) is -1.78. The molecule has 0 unspecified atom stereocenters. The molecule has 1 saturated heterocycles. The Labute approximate surface area is 234 Å². The third kappa shape index (κ3) is 7.63. The van der Waals surface area contributed by atoms with Gasteiger partial charge in [0.15, 0.2) is 0 Å². The van der Waals surface area contributed by atoms with Gasteiger partial charge < -0.3 is 21.1 Å². The van der Waals surface area contributed by atoms with E-state index in [1.165, 1.54) is 6.07 Å². The first-order valence-corrected chi connectivity index (χ1v) is 14.5. The number of amides is 1. The van der Waals surface area contributed by atoms with Gasteiger partial charge in [-0.25, -0.2) is 21.9 Å². The van der Waals surface area contributed by atoms with Gasteiger partial charge in [-0.15, -0.1) is 0 Å². The van der Waals surface area contributed by atoms with E-state index < -0.39 is 28.1 Å². The highest BCUT2D eigenvalue weighted by Crippen LogP contribution is 2.37. The molecule has 1 aliphatic heterocycles. The summed E-state index contributed by atoms with van der Waals surface area (Å²) in [4.78, 5) is 24.4. The van der Waals surface area contributed by atoms with Gasteiger partial charge in [0.2, 0.25) is 10.0 Å². The molecule has 1 aromatic heterocycles. The number of carboxylic acid groups (broad SMARTS) is 1. The number of nitrogens with zero attached hydrogens (tertiary/aromatic N) is 1. The molecule has 0 spiro atoms. The second-order valence-corrected chi connectivity index (χ2v) is 11.8. The van der Waals surface area contributed by atoms with Crippen molar-refractivity contribution in [3.05, 3.63) is 59.0 Å². The summed E-state index contributed by atoms with van der Waals surface area (Å²) < 4.78 is 72.1. The lowest BCUT2D eigenvalue weighted by molar-refractivity contribution is -0.192. The zero-order valence-corrected chi connectivity index (χ0v) is 23.3. The maximum Gasteiger partial charge on any atom is 0.490 e. The molecule has 0 bridgehead atoms. The number of fused-ring (bicyclic) bond motifs is 1. The Kier molecular flexibility index (Phi) is 10.2. The smallest absolute Gasteiger partial charge is 0.475 e. The molecule has 3 aromatic rings. The molecular formula is C27H32F4N4O5S. The molecular weight excluding hydrogens is 568 g/mol. The number of carbonyl (C=O) groups is 2. The molecule has 1 fully saturated rings. The minimum Gasteiger partial charge on any atom is -0.475 e. The summed E-state index contributed by atoms with van der Waals surface area (Å²) in [5, 5.41) is 11.2. The summed E-state index contributed by atoms with van der Waals surface area (Å²) in [5.74, 6) is -3.32. The van der Waals surface area contributed by atoms with Crippen LogP contribution < -0.4 is 11.1 Å². The topological polar surface area (TPSA) is 146 Å². The molecule has 2 aromatic carbocycles. The van der Waals surface area contributed by atoms with E-state index >= 15 is 0 Å². The van der Waals surface area contributed by atoms with Crippen LogP contribution in [0.15, 0.2) is 36.5 Å². The average Bonchev–Trinajstić information content (AvgIpc) is 3.36. The van der Waals surface area contributed by atoms with Crippen molar-refractivity contribution < 1.29 is 40.7 Å². The van der Waals surface area contributed by atoms with Crippen molar-refractivity contribution in [3.63, 3.8) is 0 Å². The number of aliphatic carboxylic acids is 1. The van der Waals surface area contributed by atoms with Crippen LogP contribution in [0.3, 0.4) is 0 Å². The van der Waals surface area contributed by atoms with Crippen molar-refractivity contribution in [1.82, 2.24) is 14.6 Å². The largest absolute Gasteiger partial charge is 0.490 e. The van der Waals surface area contributed by atoms with Gasteiger partial charge in [-0.05, 0) is 73.2 Å². The Morgan fingerprint density at radius 3 is 2.29 bits per heavy atom. The fourth-order valence-electron chi connectivity index (χ4n) is 4.73. The van der Waals surface area contributed by atoms with E-state index in [0.717, 1.165) is 28.6 Å². The molecule has 9 nitrogen and oxygen atoms in total. The van der Waals surface area contributed by atoms with Crippen LogP contribution in [0.2, 0.25) is 0 Å². The predicted octanol–water partition coefficient (Wildman–Crippen LogP) is 4.34. The van der Waals surface area contributed by atoms with E-state index in [0.29, 0.717) is 49.1 Å². The first kappa shape index (κ1) is 32.0. The van der Waals surface area contributed by atoms with Gasteiger partial charge in [-0.2, -0.15) is 13.2 Å². The molecule has 224 valence electrons. The summed E-state index contributed by atoms with van der Waals surface area (Å²) in [7, 11) is -3.20. The number of H-pyrrole nitrogens is 1. The Morgan fingerprint density at radius 2 is 1.76 bits per heavy atom. The minimum atomic E-state index is -5.08. The van der Waals surface area contributed by atoms with Gasteiger partial charge >= 0.3 is 12.1 Å². The molecule has 0 aliphatic carbocycles.